The number of nitrogens with zero attached hydrogens (tertiary/aromatic N) is 2. The largest absolute Gasteiger partial charge is 0.456 e. The van der Waals surface area contributed by atoms with Gasteiger partial charge in [0, 0.05) is 56.0 Å². The Bertz CT molecular complexity index is 2500. The van der Waals surface area contributed by atoms with Crippen molar-refractivity contribution in [2.24, 2.45) is 0 Å². The zero-order valence-electron chi connectivity index (χ0n) is 29.3. The molecular weight excluding hydrogens is 661 g/mol. The Morgan fingerprint density at radius 2 is 0.556 bits per heavy atom. The van der Waals surface area contributed by atoms with Gasteiger partial charge < -0.3 is 18.6 Å². The second-order valence-corrected chi connectivity index (χ2v) is 13.5. The van der Waals surface area contributed by atoms with Gasteiger partial charge in [-0.2, -0.15) is 0 Å². The van der Waals surface area contributed by atoms with Gasteiger partial charge in [-0.1, -0.05) is 72.8 Å². The lowest BCUT2D eigenvalue weighted by molar-refractivity contribution is 0.631. The van der Waals surface area contributed by atoms with Crippen molar-refractivity contribution in [3.8, 4) is 22.6 Å². The summed E-state index contributed by atoms with van der Waals surface area (Å²) < 4.78 is 12.9. The fourth-order valence-electron chi connectivity index (χ4n) is 7.36. The molecular formula is C50H34N2O2. The van der Waals surface area contributed by atoms with E-state index in [0.29, 0.717) is 0 Å². The third kappa shape index (κ3) is 5.86. The van der Waals surface area contributed by atoms with Crippen LogP contribution in [0, 0.1) is 0 Å². The zero-order valence-corrected chi connectivity index (χ0v) is 29.3. The van der Waals surface area contributed by atoms with Crippen LogP contribution in [0.2, 0.25) is 0 Å². The van der Waals surface area contributed by atoms with Crippen molar-refractivity contribution in [1.82, 2.24) is 0 Å². The van der Waals surface area contributed by atoms with Crippen molar-refractivity contribution >= 4 is 66.8 Å². The summed E-state index contributed by atoms with van der Waals surface area (Å²) in [5.74, 6) is 1.68. The number of hydrogen-bond donors (Lipinski definition) is 0. The van der Waals surface area contributed by atoms with E-state index in [-0.39, 0.29) is 0 Å². The summed E-state index contributed by atoms with van der Waals surface area (Å²) in [5, 5.41) is 4.33. The molecule has 0 spiro atoms. The van der Waals surface area contributed by atoms with E-state index < -0.39 is 0 Å². The van der Waals surface area contributed by atoms with E-state index in [2.05, 4.69) is 192 Å². The van der Waals surface area contributed by atoms with Crippen molar-refractivity contribution in [3.63, 3.8) is 0 Å². The second-order valence-electron chi connectivity index (χ2n) is 13.5. The third-order valence-electron chi connectivity index (χ3n) is 9.99. The van der Waals surface area contributed by atoms with Crippen LogP contribution in [0.4, 0.5) is 34.1 Å². The Kier molecular flexibility index (Phi) is 7.77. The maximum atomic E-state index is 6.47. The molecule has 0 unspecified atom stereocenters. The molecule has 10 rings (SSSR count). The van der Waals surface area contributed by atoms with Gasteiger partial charge in [-0.05, 0) is 144 Å². The minimum absolute atomic E-state index is 0.838. The molecule has 0 fully saturated rings. The smallest absolute Gasteiger partial charge is 0.135 e. The Balaban J connectivity index is 0.938. The molecule has 4 nitrogen and oxygen atoms in total. The molecule has 0 aliphatic heterocycles. The van der Waals surface area contributed by atoms with E-state index in [1.807, 2.05) is 24.3 Å². The number of para-hydroxylation sites is 4. The molecule has 0 atom stereocenters. The summed E-state index contributed by atoms with van der Waals surface area (Å²) >= 11 is 0. The minimum Gasteiger partial charge on any atom is -0.456 e. The first-order valence-corrected chi connectivity index (χ1v) is 18.2. The van der Waals surface area contributed by atoms with Crippen molar-refractivity contribution in [3.05, 3.63) is 206 Å². The fraction of sp³-hybridized carbons (Fsp3) is 0. The van der Waals surface area contributed by atoms with Crippen LogP contribution >= 0.6 is 0 Å². The first kappa shape index (κ1) is 31.4. The lowest BCUT2D eigenvalue weighted by Gasteiger charge is -2.25. The number of anilines is 6. The number of rotatable bonds is 8. The molecule has 256 valence electrons. The molecule has 0 aliphatic rings. The van der Waals surface area contributed by atoms with Gasteiger partial charge in [0.05, 0.1) is 0 Å². The van der Waals surface area contributed by atoms with Crippen LogP contribution in [0.15, 0.2) is 215 Å². The molecule has 0 bridgehead atoms. The average molecular weight is 695 g/mol. The van der Waals surface area contributed by atoms with E-state index in [1.54, 1.807) is 0 Å². The SMILES string of the molecule is c1ccc(N(c2ccccc2)c2ccc(-c3cc4cc5cc6oc(-c7ccc(N(c8ccccc8)c8ccccc8)cc7)cc6cc5cc4o3)cc2)cc1. The van der Waals surface area contributed by atoms with Crippen molar-refractivity contribution in [1.29, 1.82) is 0 Å². The molecule has 0 N–H and O–H groups in total. The molecule has 54 heavy (non-hydrogen) atoms. The molecule has 4 heteroatoms. The molecule has 0 aliphatic carbocycles. The molecule has 0 saturated heterocycles. The highest BCUT2D eigenvalue weighted by atomic mass is 16.3. The monoisotopic (exact) mass is 694 g/mol. The highest BCUT2D eigenvalue weighted by molar-refractivity contribution is 6.04. The Labute approximate surface area is 313 Å². The number of fused-ring (bicyclic) bond motifs is 3. The van der Waals surface area contributed by atoms with E-state index in [9.17, 15) is 0 Å². The van der Waals surface area contributed by atoms with Gasteiger partial charge >= 0.3 is 0 Å². The van der Waals surface area contributed by atoms with Crippen LogP contribution in [0.25, 0.3) is 55.4 Å². The Morgan fingerprint density at radius 1 is 0.259 bits per heavy atom. The lowest BCUT2D eigenvalue weighted by atomic mass is 10.1. The molecule has 8 aromatic carbocycles. The standard InChI is InChI=1S/C50H34N2O2/c1-5-13-41(14-6-1)51(42-15-7-2-8-16-42)45-25-21-35(22-26-45)47-33-39-29-37-32-50-40(30-38(37)31-49(39)53-47)34-48(54-50)36-23-27-46(28-24-36)52(43-17-9-3-10-18-43)44-19-11-4-12-20-44/h1-34H. The highest BCUT2D eigenvalue weighted by Gasteiger charge is 2.16. The maximum absolute atomic E-state index is 6.47. The van der Waals surface area contributed by atoms with Crippen LogP contribution < -0.4 is 9.80 Å². The Hall–Kier alpha value is -7.30. The molecule has 0 amide bonds. The summed E-state index contributed by atoms with van der Waals surface area (Å²) in [6.07, 6.45) is 0. The van der Waals surface area contributed by atoms with Gasteiger partial charge in [-0.15, -0.1) is 0 Å². The first-order valence-electron chi connectivity index (χ1n) is 18.2. The van der Waals surface area contributed by atoms with Crippen LogP contribution in [-0.2, 0) is 0 Å². The van der Waals surface area contributed by atoms with E-state index in [0.717, 1.165) is 89.5 Å². The minimum atomic E-state index is 0.838. The lowest BCUT2D eigenvalue weighted by Crippen LogP contribution is -2.09. The molecule has 10 aromatic rings. The van der Waals surface area contributed by atoms with Crippen LogP contribution in [0.3, 0.4) is 0 Å². The highest BCUT2D eigenvalue weighted by Crippen LogP contribution is 2.39. The second kappa shape index (κ2) is 13.4. The van der Waals surface area contributed by atoms with Crippen molar-refractivity contribution < 1.29 is 8.83 Å². The van der Waals surface area contributed by atoms with Crippen LogP contribution in [0.1, 0.15) is 0 Å². The molecule has 0 radical (unpaired) electrons. The van der Waals surface area contributed by atoms with E-state index >= 15 is 0 Å². The van der Waals surface area contributed by atoms with Gasteiger partial charge in [-0.25, -0.2) is 0 Å². The summed E-state index contributed by atoms with van der Waals surface area (Å²) in [5.41, 5.74) is 10.4. The average Bonchev–Trinajstić information content (AvgIpc) is 3.85. The Morgan fingerprint density at radius 3 is 0.870 bits per heavy atom. The fourth-order valence-corrected chi connectivity index (χ4v) is 7.36. The quantitative estimate of drug-likeness (QED) is 0.158. The summed E-state index contributed by atoms with van der Waals surface area (Å²) in [6, 6.07) is 71.8. The normalized spacial score (nSPS) is 11.3. The number of benzene rings is 8. The van der Waals surface area contributed by atoms with Crippen LogP contribution in [0.5, 0.6) is 0 Å². The van der Waals surface area contributed by atoms with Gasteiger partial charge in [0.1, 0.15) is 22.7 Å². The third-order valence-corrected chi connectivity index (χ3v) is 9.99. The van der Waals surface area contributed by atoms with Gasteiger partial charge in [0.25, 0.3) is 0 Å². The van der Waals surface area contributed by atoms with Gasteiger partial charge in [0.15, 0.2) is 0 Å². The van der Waals surface area contributed by atoms with E-state index in [1.165, 1.54) is 0 Å². The number of hydrogen-bond acceptors (Lipinski definition) is 4. The zero-order chi connectivity index (χ0) is 35.8. The van der Waals surface area contributed by atoms with E-state index in [4.69, 9.17) is 8.83 Å². The number of furan rings is 2. The van der Waals surface area contributed by atoms with Crippen molar-refractivity contribution in [2.45, 2.75) is 0 Å². The van der Waals surface area contributed by atoms with Gasteiger partial charge in [0.2, 0.25) is 0 Å². The summed E-state index contributed by atoms with van der Waals surface area (Å²) in [6.45, 7) is 0. The molecule has 2 aromatic heterocycles. The van der Waals surface area contributed by atoms with Crippen molar-refractivity contribution in [2.75, 3.05) is 9.80 Å². The van der Waals surface area contributed by atoms with Gasteiger partial charge in [-0.3, -0.25) is 0 Å². The van der Waals surface area contributed by atoms with Crippen LogP contribution in [-0.4, -0.2) is 0 Å². The molecule has 0 saturated carbocycles. The first-order chi connectivity index (χ1) is 26.7. The molecule has 2 heterocycles. The summed E-state index contributed by atoms with van der Waals surface area (Å²) in [4.78, 5) is 4.52. The predicted octanol–water partition coefficient (Wildman–Crippen LogP) is 14.6. The predicted molar refractivity (Wildman–Crippen MR) is 224 cm³/mol. The maximum Gasteiger partial charge on any atom is 0.135 e. The summed E-state index contributed by atoms with van der Waals surface area (Å²) in [7, 11) is 0. The topological polar surface area (TPSA) is 32.8 Å².